The van der Waals surface area contributed by atoms with E-state index in [4.69, 9.17) is 24.3 Å². The molecule has 1 aliphatic rings. The van der Waals surface area contributed by atoms with Crippen molar-refractivity contribution in [3.8, 4) is 0 Å². The Morgan fingerprint density at radius 3 is 2.50 bits per heavy atom. The van der Waals surface area contributed by atoms with Crippen molar-refractivity contribution >= 4 is 17.5 Å². The summed E-state index contributed by atoms with van der Waals surface area (Å²) >= 11 is 0. The predicted octanol–water partition coefficient (Wildman–Crippen LogP) is 1.29. The first-order chi connectivity index (χ1) is 10.5. The van der Waals surface area contributed by atoms with Gasteiger partial charge in [0.05, 0.1) is 0 Å². The van der Waals surface area contributed by atoms with Crippen LogP contribution >= 0.6 is 0 Å². The summed E-state index contributed by atoms with van der Waals surface area (Å²) in [5.74, 6) is -2.15. The van der Waals surface area contributed by atoms with E-state index in [1.807, 2.05) is 6.92 Å². The molecule has 1 aliphatic heterocycles. The first-order valence-corrected chi connectivity index (χ1v) is 7.18. The van der Waals surface area contributed by atoms with E-state index in [9.17, 15) is 0 Å². The number of nitrogens with zero attached hydrogens (tertiary/aromatic N) is 3. The third kappa shape index (κ3) is 5.65. The third-order valence-corrected chi connectivity index (χ3v) is 3.01. The summed E-state index contributed by atoms with van der Waals surface area (Å²) < 4.78 is 5.27. The van der Waals surface area contributed by atoms with E-state index in [1.165, 1.54) is 12.0 Å². The van der Waals surface area contributed by atoms with E-state index in [2.05, 4.69) is 28.0 Å². The Labute approximate surface area is 128 Å². The molecular formula is C14H21N3O5. The van der Waals surface area contributed by atoms with Gasteiger partial charge in [0, 0.05) is 25.1 Å². The van der Waals surface area contributed by atoms with Crippen LogP contribution in [0.2, 0.25) is 0 Å². The largest absolute Gasteiger partial charge is 0.473 e. The first-order valence-electron chi connectivity index (χ1n) is 7.18. The van der Waals surface area contributed by atoms with Crippen molar-refractivity contribution in [2.75, 3.05) is 19.6 Å². The van der Waals surface area contributed by atoms with Crippen LogP contribution in [0.1, 0.15) is 38.4 Å². The van der Waals surface area contributed by atoms with Crippen molar-refractivity contribution in [1.82, 2.24) is 15.0 Å². The Bertz CT molecular complexity index is 526. The number of hydrogen-bond donors (Lipinski definition) is 2. The van der Waals surface area contributed by atoms with Gasteiger partial charge in [0.2, 0.25) is 0 Å². The second-order valence-electron chi connectivity index (χ2n) is 4.77. The second kappa shape index (κ2) is 8.93. The zero-order chi connectivity index (χ0) is 16.5. The van der Waals surface area contributed by atoms with Crippen LogP contribution in [0.4, 0.5) is 0 Å². The maximum absolute atomic E-state index is 9.10. The fraction of sp³-hybridized carbons (Fsp3) is 0.571. The summed E-state index contributed by atoms with van der Waals surface area (Å²) in [5, 5.41) is 18.7. The molecule has 0 aromatic carbocycles. The Hall–Kier alpha value is -2.22. The SMILES string of the molecule is CCCN1CCC=C(c2nc(CC)no2)C1.O=C(O)C(=O)O. The molecule has 0 radical (unpaired) electrons. The van der Waals surface area contributed by atoms with Crippen LogP contribution in [0.3, 0.4) is 0 Å². The van der Waals surface area contributed by atoms with Crippen molar-refractivity contribution < 1.29 is 24.3 Å². The number of aryl methyl sites for hydroxylation is 1. The molecule has 0 fully saturated rings. The minimum atomic E-state index is -1.82. The Morgan fingerprint density at radius 2 is 2.00 bits per heavy atom. The van der Waals surface area contributed by atoms with E-state index >= 15 is 0 Å². The van der Waals surface area contributed by atoms with Gasteiger partial charge < -0.3 is 14.7 Å². The van der Waals surface area contributed by atoms with Gasteiger partial charge in [-0.15, -0.1) is 0 Å². The molecule has 0 atom stereocenters. The zero-order valence-corrected chi connectivity index (χ0v) is 12.8. The average Bonchev–Trinajstić information content (AvgIpc) is 2.97. The molecule has 0 spiro atoms. The standard InChI is InChI=1S/C12H19N3O.C2H2O4/c1-3-7-15-8-5-6-10(9-15)12-13-11(4-2)14-16-12;3-1(4)2(5)6/h6H,3-5,7-9H2,1-2H3;(H,3,4)(H,5,6). The normalized spacial score (nSPS) is 14.7. The monoisotopic (exact) mass is 311 g/mol. The van der Waals surface area contributed by atoms with Crippen molar-refractivity contribution in [1.29, 1.82) is 0 Å². The summed E-state index contributed by atoms with van der Waals surface area (Å²) in [5.41, 5.74) is 1.19. The molecule has 122 valence electrons. The van der Waals surface area contributed by atoms with Crippen LogP contribution in [0.15, 0.2) is 10.6 Å². The number of hydrogen-bond acceptors (Lipinski definition) is 6. The maximum atomic E-state index is 9.10. The number of carboxylic acids is 2. The number of aliphatic carboxylic acids is 2. The zero-order valence-electron chi connectivity index (χ0n) is 12.8. The molecule has 1 aromatic rings. The highest BCUT2D eigenvalue weighted by Crippen LogP contribution is 2.19. The number of carbonyl (C=O) groups is 2. The fourth-order valence-corrected chi connectivity index (χ4v) is 2.00. The highest BCUT2D eigenvalue weighted by molar-refractivity contribution is 6.27. The van der Waals surface area contributed by atoms with E-state index in [0.29, 0.717) is 5.89 Å². The quantitative estimate of drug-likeness (QED) is 0.799. The molecule has 2 heterocycles. The summed E-state index contributed by atoms with van der Waals surface area (Å²) in [6.45, 7) is 7.48. The van der Waals surface area contributed by atoms with Gasteiger partial charge in [-0.25, -0.2) is 9.59 Å². The van der Waals surface area contributed by atoms with Gasteiger partial charge in [-0.05, 0) is 19.4 Å². The number of rotatable bonds is 4. The van der Waals surface area contributed by atoms with Gasteiger partial charge in [0.1, 0.15) is 0 Å². The molecule has 0 unspecified atom stereocenters. The predicted molar refractivity (Wildman–Crippen MR) is 78.3 cm³/mol. The smallest absolute Gasteiger partial charge is 0.414 e. The topological polar surface area (TPSA) is 117 Å². The minimum absolute atomic E-state index is 0.706. The summed E-state index contributed by atoms with van der Waals surface area (Å²) in [4.78, 5) is 25.0. The van der Waals surface area contributed by atoms with Crippen LogP contribution in [-0.4, -0.2) is 56.8 Å². The van der Waals surface area contributed by atoms with Crippen molar-refractivity contribution in [3.05, 3.63) is 17.8 Å². The second-order valence-corrected chi connectivity index (χ2v) is 4.77. The van der Waals surface area contributed by atoms with Gasteiger partial charge in [-0.1, -0.05) is 25.1 Å². The summed E-state index contributed by atoms with van der Waals surface area (Å²) in [6.07, 6.45) is 5.32. The maximum Gasteiger partial charge on any atom is 0.414 e. The number of aromatic nitrogens is 2. The third-order valence-electron chi connectivity index (χ3n) is 3.01. The van der Waals surface area contributed by atoms with Gasteiger partial charge >= 0.3 is 11.9 Å². The lowest BCUT2D eigenvalue weighted by molar-refractivity contribution is -0.159. The molecule has 2 rings (SSSR count). The van der Waals surface area contributed by atoms with Crippen molar-refractivity contribution in [3.63, 3.8) is 0 Å². The molecule has 0 amide bonds. The Morgan fingerprint density at radius 1 is 1.32 bits per heavy atom. The van der Waals surface area contributed by atoms with Crippen LogP contribution in [0.5, 0.6) is 0 Å². The lowest BCUT2D eigenvalue weighted by Crippen LogP contribution is -2.30. The summed E-state index contributed by atoms with van der Waals surface area (Å²) in [7, 11) is 0. The van der Waals surface area contributed by atoms with Crippen molar-refractivity contribution in [2.24, 2.45) is 0 Å². The summed E-state index contributed by atoms with van der Waals surface area (Å²) in [6, 6.07) is 0. The molecule has 0 bridgehead atoms. The number of carboxylic acid groups (broad SMARTS) is 2. The van der Waals surface area contributed by atoms with E-state index in [1.54, 1.807) is 0 Å². The Kier molecular flexibility index (Phi) is 7.24. The average molecular weight is 311 g/mol. The molecule has 8 nitrogen and oxygen atoms in total. The molecule has 1 aromatic heterocycles. The lowest BCUT2D eigenvalue weighted by atomic mass is 10.1. The highest BCUT2D eigenvalue weighted by Gasteiger charge is 2.17. The lowest BCUT2D eigenvalue weighted by Gasteiger charge is -2.25. The first kappa shape index (κ1) is 17.8. The van der Waals surface area contributed by atoms with Crippen LogP contribution < -0.4 is 0 Å². The van der Waals surface area contributed by atoms with Gasteiger partial charge in [0.15, 0.2) is 5.82 Å². The van der Waals surface area contributed by atoms with Crippen LogP contribution in [0, 0.1) is 0 Å². The van der Waals surface area contributed by atoms with Crippen LogP contribution in [0.25, 0.3) is 5.57 Å². The van der Waals surface area contributed by atoms with Gasteiger partial charge in [0.25, 0.3) is 5.89 Å². The minimum Gasteiger partial charge on any atom is -0.473 e. The molecule has 0 aliphatic carbocycles. The van der Waals surface area contributed by atoms with Crippen molar-refractivity contribution in [2.45, 2.75) is 33.1 Å². The van der Waals surface area contributed by atoms with Gasteiger partial charge in [-0.2, -0.15) is 4.98 Å². The molecular weight excluding hydrogens is 290 g/mol. The molecule has 0 saturated carbocycles. The van der Waals surface area contributed by atoms with E-state index < -0.39 is 11.9 Å². The van der Waals surface area contributed by atoms with E-state index in [-0.39, 0.29) is 0 Å². The van der Waals surface area contributed by atoms with Crippen LogP contribution in [-0.2, 0) is 16.0 Å². The van der Waals surface area contributed by atoms with E-state index in [0.717, 1.165) is 38.3 Å². The Balaban J connectivity index is 0.000000346. The molecule has 22 heavy (non-hydrogen) atoms. The fourth-order valence-electron chi connectivity index (χ4n) is 2.00. The molecule has 2 N–H and O–H groups in total. The molecule has 8 heteroatoms. The van der Waals surface area contributed by atoms with Gasteiger partial charge in [-0.3, -0.25) is 4.90 Å². The molecule has 0 saturated heterocycles. The highest BCUT2D eigenvalue weighted by atomic mass is 16.5.